The van der Waals surface area contributed by atoms with E-state index in [1.165, 1.54) is 38.5 Å². The number of aromatic nitrogens is 1. The number of hydrogen-bond donors (Lipinski definition) is 0. The molecule has 1 atom stereocenters. The van der Waals surface area contributed by atoms with Gasteiger partial charge in [0.1, 0.15) is 28.2 Å². The minimum Gasteiger partial charge on any atom is -0.497 e. The number of pyridine rings is 1. The second kappa shape index (κ2) is 11.5. The number of likely N-dealkylation sites (N-methyl/N-ethyl adjacent to an activating group) is 1. The number of rotatable bonds is 10. The second-order valence-corrected chi connectivity index (χ2v) is 13.0. The van der Waals surface area contributed by atoms with Gasteiger partial charge in [-0.2, -0.15) is 4.39 Å². The normalized spacial score (nSPS) is 18.9. The van der Waals surface area contributed by atoms with Crippen LogP contribution in [0.2, 0.25) is 5.02 Å². The van der Waals surface area contributed by atoms with Gasteiger partial charge in [0.2, 0.25) is 5.95 Å². The maximum atomic E-state index is 16.0. The standard InChI is InChI=1S/C29H32ClF3N4O4S/c1-35(2)29(19-9-10-19)12-13-36(17-29)22-15-21(31)28(27(33)26(22)30)42(38,39)37(25-7-5-6-24(32)34-25)16-18-8-11-20(40-3)14-23(18)41-4/h5-8,11,14-15,19H,9-10,12-13,16-17H2,1-4H3. The lowest BCUT2D eigenvalue weighted by atomic mass is 9.91. The molecule has 1 unspecified atom stereocenters. The summed E-state index contributed by atoms with van der Waals surface area (Å²) in [6.07, 6.45) is 2.96. The molecule has 42 heavy (non-hydrogen) atoms. The number of ether oxygens (including phenoxy) is 2. The van der Waals surface area contributed by atoms with Crippen LogP contribution in [0.4, 0.5) is 24.7 Å². The van der Waals surface area contributed by atoms with Crippen LogP contribution in [0.5, 0.6) is 11.5 Å². The van der Waals surface area contributed by atoms with Crippen LogP contribution in [0.25, 0.3) is 0 Å². The highest BCUT2D eigenvalue weighted by Crippen LogP contribution is 2.49. The van der Waals surface area contributed by atoms with Gasteiger partial charge in [-0.15, -0.1) is 0 Å². The molecule has 1 aliphatic carbocycles. The van der Waals surface area contributed by atoms with Crippen LogP contribution in [-0.2, 0) is 16.6 Å². The Kier molecular flexibility index (Phi) is 8.25. The first kappa shape index (κ1) is 30.2. The SMILES string of the molecule is COc1ccc(CN(c2cccc(F)n2)S(=O)(=O)c2c(F)cc(N3CCC(C4CC4)(N(C)C)C3)c(Cl)c2F)c(OC)c1. The van der Waals surface area contributed by atoms with Gasteiger partial charge in [0, 0.05) is 36.3 Å². The molecule has 2 aliphatic rings. The summed E-state index contributed by atoms with van der Waals surface area (Å²) < 4.78 is 85.2. The summed E-state index contributed by atoms with van der Waals surface area (Å²) in [5.41, 5.74) is 0.245. The predicted octanol–water partition coefficient (Wildman–Crippen LogP) is 5.49. The number of benzene rings is 2. The molecule has 2 heterocycles. The van der Waals surface area contributed by atoms with Crippen LogP contribution in [0.15, 0.2) is 47.4 Å². The fraction of sp³-hybridized carbons (Fsp3) is 0.414. The predicted molar refractivity (Wildman–Crippen MR) is 154 cm³/mol. The summed E-state index contributed by atoms with van der Waals surface area (Å²) in [6.45, 7) is 0.533. The van der Waals surface area contributed by atoms with E-state index in [0.717, 1.165) is 31.4 Å². The van der Waals surface area contributed by atoms with E-state index in [-0.39, 0.29) is 22.8 Å². The van der Waals surface area contributed by atoms with Gasteiger partial charge in [-0.05, 0) is 63.5 Å². The Balaban J connectivity index is 1.57. The average molecular weight is 625 g/mol. The van der Waals surface area contributed by atoms with Crippen molar-refractivity contribution >= 4 is 33.1 Å². The zero-order chi connectivity index (χ0) is 30.4. The number of hydrogen-bond acceptors (Lipinski definition) is 7. The molecule has 226 valence electrons. The van der Waals surface area contributed by atoms with E-state index in [1.54, 1.807) is 11.0 Å². The highest BCUT2D eigenvalue weighted by atomic mass is 35.5. The van der Waals surface area contributed by atoms with Crippen LogP contribution in [0.1, 0.15) is 24.8 Å². The zero-order valence-corrected chi connectivity index (χ0v) is 25.3. The molecule has 8 nitrogen and oxygen atoms in total. The monoisotopic (exact) mass is 624 g/mol. The summed E-state index contributed by atoms with van der Waals surface area (Å²) in [5.74, 6) is -2.94. The van der Waals surface area contributed by atoms with Gasteiger partial charge in [0.15, 0.2) is 10.7 Å². The molecule has 1 saturated carbocycles. The van der Waals surface area contributed by atoms with E-state index in [9.17, 15) is 12.8 Å². The molecule has 0 spiro atoms. The van der Waals surface area contributed by atoms with Gasteiger partial charge in [-0.1, -0.05) is 17.7 Å². The Hall–Kier alpha value is -3.22. The second-order valence-electron chi connectivity index (χ2n) is 10.8. The maximum Gasteiger partial charge on any atom is 0.271 e. The lowest BCUT2D eigenvalue weighted by molar-refractivity contribution is 0.147. The molecular weight excluding hydrogens is 593 g/mol. The molecule has 2 fully saturated rings. The molecule has 0 N–H and O–H groups in total. The molecule has 5 rings (SSSR count). The molecule has 0 amide bonds. The molecular formula is C29H32ClF3N4O4S. The van der Waals surface area contributed by atoms with Crippen LogP contribution in [0.3, 0.4) is 0 Å². The van der Waals surface area contributed by atoms with E-state index in [0.29, 0.717) is 34.6 Å². The summed E-state index contributed by atoms with van der Waals surface area (Å²) >= 11 is 6.45. The number of halogens is 4. The van der Waals surface area contributed by atoms with Gasteiger partial charge < -0.3 is 19.3 Å². The molecule has 3 aromatic rings. The first-order chi connectivity index (χ1) is 19.9. The van der Waals surface area contributed by atoms with Crippen molar-refractivity contribution < 1.29 is 31.1 Å². The maximum absolute atomic E-state index is 16.0. The van der Waals surface area contributed by atoms with Crippen molar-refractivity contribution in [1.29, 1.82) is 0 Å². The highest BCUT2D eigenvalue weighted by molar-refractivity contribution is 7.92. The fourth-order valence-electron chi connectivity index (χ4n) is 5.81. The van der Waals surface area contributed by atoms with E-state index in [4.69, 9.17) is 21.1 Å². The summed E-state index contributed by atoms with van der Waals surface area (Å²) in [5, 5.41) is -0.505. The average Bonchev–Trinajstić information content (AvgIpc) is 3.72. The first-order valence-electron chi connectivity index (χ1n) is 13.4. The van der Waals surface area contributed by atoms with E-state index in [2.05, 4.69) is 9.88 Å². The number of nitrogens with zero attached hydrogens (tertiary/aromatic N) is 4. The lowest BCUT2D eigenvalue weighted by Gasteiger charge is -2.37. The third kappa shape index (κ3) is 5.35. The van der Waals surface area contributed by atoms with Crippen LogP contribution < -0.4 is 18.7 Å². The summed E-state index contributed by atoms with van der Waals surface area (Å²) in [4.78, 5) is 6.39. The van der Waals surface area contributed by atoms with Crippen LogP contribution >= 0.6 is 11.6 Å². The van der Waals surface area contributed by atoms with E-state index >= 15 is 8.78 Å². The molecule has 13 heteroatoms. The summed E-state index contributed by atoms with van der Waals surface area (Å²) in [6, 6.07) is 9.09. The fourth-order valence-corrected chi connectivity index (χ4v) is 7.65. The van der Waals surface area contributed by atoms with Gasteiger partial charge in [0.25, 0.3) is 10.0 Å². The largest absolute Gasteiger partial charge is 0.497 e. The minimum absolute atomic E-state index is 0.0854. The van der Waals surface area contributed by atoms with Crippen molar-refractivity contribution in [3.63, 3.8) is 0 Å². The Labute approximate surface area is 248 Å². The third-order valence-corrected chi connectivity index (χ3v) is 10.4. The van der Waals surface area contributed by atoms with Crippen molar-refractivity contribution in [2.75, 3.05) is 50.6 Å². The van der Waals surface area contributed by atoms with Crippen molar-refractivity contribution in [2.45, 2.75) is 36.2 Å². The minimum atomic E-state index is -5.02. The van der Waals surface area contributed by atoms with E-state index in [1.807, 2.05) is 14.1 Å². The van der Waals surface area contributed by atoms with Crippen molar-refractivity contribution in [1.82, 2.24) is 9.88 Å². The Morgan fingerprint density at radius 3 is 2.45 bits per heavy atom. The van der Waals surface area contributed by atoms with Crippen molar-refractivity contribution in [2.24, 2.45) is 5.92 Å². The van der Waals surface area contributed by atoms with Gasteiger partial charge >= 0.3 is 0 Å². The van der Waals surface area contributed by atoms with Gasteiger partial charge in [-0.3, -0.25) is 0 Å². The third-order valence-electron chi connectivity index (χ3n) is 8.26. The molecule has 2 aromatic carbocycles. The molecule has 0 radical (unpaired) electrons. The molecule has 1 saturated heterocycles. The molecule has 1 aliphatic heterocycles. The molecule has 1 aromatic heterocycles. The number of anilines is 2. The van der Waals surface area contributed by atoms with Crippen molar-refractivity contribution in [3.05, 3.63) is 70.6 Å². The number of sulfonamides is 1. The highest BCUT2D eigenvalue weighted by Gasteiger charge is 2.51. The van der Waals surface area contributed by atoms with Gasteiger partial charge in [0.05, 0.1) is 26.5 Å². The van der Waals surface area contributed by atoms with Crippen LogP contribution in [0, 0.1) is 23.5 Å². The zero-order valence-electron chi connectivity index (χ0n) is 23.7. The topological polar surface area (TPSA) is 75.2 Å². The van der Waals surface area contributed by atoms with Crippen molar-refractivity contribution in [3.8, 4) is 11.5 Å². The Bertz CT molecular complexity index is 1600. The Morgan fingerprint density at radius 2 is 1.83 bits per heavy atom. The lowest BCUT2D eigenvalue weighted by Crippen LogP contribution is -2.48. The molecule has 0 bridgehead atoms. The summed E-state index contributed by atoms with van der Waals surface area (Å²) in [7, 11) is 1.80. The number of methoxy groups -OCH3 is 2. The quantitative estimate of drug-likeness (QED) is 0.218. The van der Waals surface area contributed by atoms with E-state index < -0.39 is 44.1 Å². The first-order valence-corrected chi connectivity index (χ1v) is 15.2. The smallest absolute Gasteiger partial charge is 0.271 e. The van der Waals surface area contributed by atoms with Crippen LogP contribution in [-0.4, -0.2) is 65.2 Å². The van der Waals surface area contributed by atoms with Gasteiger partial charge in [-0.25, -0.2) is 26.5 Å². The Morgan fingerprint density at radius 1 is 1.10 bits per heavy atom.